The second-order valence-corrected chi connectivity index (χ2v) is 4.50. The predicted molar refractivity (Wildman–Crippen MR) is 67.1 cm³/mol. The van der Waals surface area contributed by atoms with Crippen LogP contribution in [0.3, 0.4) is 0 Å². The van der Waals surface area contributed by atoms with E-state index in [-0.39, 0.29) is 6.04 Å². The van der Waals surface area contributed by atoms with Gasteiger partial charge >= 0.3 is 0 Å². The fourth-order valence-corrected chi connectivity index (χ4v) is 1.79. The van der Waals surface area contributed by atoms with E-state index in [9.17, 15) is 0 Å². The van der Waals surface area contributed by atoms with E-state index in [0.29, 0.717) is 5.89 Å². The van der Waals surface area contributed by atoms with E-state index >= 15 is 0 Å². The van der Waals surface area contributed by atoms with Gasteiger partial charge < -0.3 is 9.73 Å². The van der Waals surface area contributed by atoms with Gasteiger partial charge in [-0.3, -0.25) is 0 Å². The van der Waals surface area contributed by atoms with E-state index in [4.69, 9.17) is 4.42 Å². The summed E-state index contributed by atoms with van der Waals surface area (Å²) in [6.45, 7) is 2.01. The van der Waals surface area contributed by atoms with Crippen molar-refractivity contribution in [2.24, 2.45) is 0 Å². The third-order valence-electron chi connectivity index (χ3n) is 2.44. The number of hydrogen-bond acceptors (Lipinski definition) is 3. The van der Waals surface area contributed by atoms with Crippen LogP contribution < -0.4 is 5.32 Å². The number of hydrogen-bond donors (Lipinski definition) is 1. The minimum atomic E-state index is 0.126. The minimum absolute atomic E-state index is 0.126. The summed E-state index contributed by atoms with van der Waals surface area (Å²) in [7, 11) is 1.88. The number of halogens is 1. The van der Waals surface area contributed by atoms with E-state index < -0.39 is 0 Å². The lowest BCUT2D eigenvalue weighted by Crippen LogP contribution is -2.12. The van der Waals surface area contributed by atoms with Crippen LogP contribution in [0.4, 0.5) is 0 Å². The highest BCUT2D eigenvalue weighted by Crippen LogP contribution is 2.25. The summed E-state index contributed by atoms with van der Waals surface area (Å²) in [5, 5.41) is 3.09. The van der Waals surface area contributed by atoms with Crippen LogP contribution in [0.15, 0.2) is 39.4 Å². The first kappa shape index (κ1) is 11.4. The Morgan fingerprint density at radius 1 is 1.44 bits per heavy atom. The molecule has 1 unspecified atom stereocenters. The monoisotopic (exact) mass is 280 g/mol. The van der Waals surface area contributed by atoms with Crippen molar-refractivity contribution < 1.29 is 4.42 Å². The lowest BCUT2D eigenvalue weighted by atomic mass is 10.2. The standard InChI is InChI=1S/C12H13BrN2O/c1-8(14-2)12-15-7-11(16-12)9-4-3-5-10(13)6-9/h3-8,14H,1-2H3. The summed E-state index contributed by atoms with van der Waals surface area (Å²) in [4.78, 5) is 4.25. The highest BCUT2D eigenvalue weighted by Gasteiger charge is 2.11. The molecule has 0 spiro atoms. The van der Waals surface area contributed by atoms with Gasteiger partial charge in [0.15, 0.2) is 5.76 Å². The molecule has 1 atom stereocenters. The van der Waals surface area contributed by atoms with Gasteiger partial charge in [0.1, 0.15) is 0 Å². The summed E-state index contributed by atoms with van der Waals surface area (Å²) in [5.74, 6) is 1.50. The molecular weight excluding hydrogens is 268 g/mol. The van der Waals surface area contributed by atoms with E-state index in [2.05, 4.69) is 26.2 Å². The maximum atomic E-state index is 5.68. The van der Waals surface area contributed by atoms with Gasteiger partial charge in [-0.05, 0) is 26.1 Å². The lowest BCUT2D eigenvalue weighted by Gasteiger charge is -2.03. The summed E-state index contributed by atoms with van der Waals surface area (Å²) < 4.78 is 6.71. The predicted octanol–water partition coefficient (Wildman–Crippen LogP) is 3.38. The summed E-state index contributed by atoms with van der Waals surface area (Å²) in [6.07, 6.45) is 1.75. The molecule has 16 heavy (non-hydrogen) atoms. The maximum absolute atomic E-state index is 5.68. The van der Waals surface area contributed by atoms with Crippen LogP contribution in [0.1, 0.15) is 18.9 Å². The highest BCUT2D eigenvalue weighted by molar-refractivity contribution is 9.10. The first-order chi connectivity index (χ1) is 7.70. The Kier molecular flexibility index (Phi) is 3.41. The van der Waals surface area contributed by atoms with Gasteiger partial charge in [0.05, 0.1) is 12.2 Å². The normalized spacial score (nSPS) is 12.7. The molecule has 0 saturated carbocycles. The van der Waals surface area contributed by atoms with Gasteiger partial charge in [-0.15, -0.1) is 0 Å². The fraction of sp³-hybridized carbons (Fsp3) is 0.250. The highest BCUT2D eigenvalue weighted by atomic mass is 79.9. The third kappa shape index (κ3) is 2.33. The third-order valence-corrected chi connectivity index (χ3v) is 2.93. The Labute approximate surface area is 103 Å². The molecule has 0 aliphatic heterocycles. The zero-order valence-corrected chi connectivity index (χ0v) is 10.8. The molecule has 0 aliphatic rings. The summed E-state index contributed by atoms with van der Waals surface area (Å²) >= 11 is 3.43. The van der Waals surface area contributed by atoms with Crippen LogP contribution in [-0.4, -0.2) is 12.0 Å². The van der Waals surface area contributed by atoms with Crippen molar-refractivity contribution in [1.29, 1.82) is 0 Å². The first-order valence-electron chi connectivity index (χ1n) is 5.09. The van der Waals surface area contributed by atoms with Gasteiger partial charge in [0.25, 0.3) is 0 Å². The van der Waals surface area contributed by atoms with Gasteiger partial charge in [0.2, 0.25) is 5.89 Å². The maximum Gasteiger partial charge on any atom is 0.211 e. The molecule has 0 bridgehead atoms. The quantitative estimate of drug-likeness (QED) is 0.937. The molecule has 1 N–H and O–H groups in total. The molecule has 84 valence electrons. The van der Waals surface area contributed by atoms with Crippen molar-refractivity contribution >= 4 is 15.9 Å². The average molecular weight is 281 g/mol. The summed E-state index contributed by atoms with van der Waals surface area (Å²) in [6, 6.07) is 8.09. The van der Waals surface area contributed by atoms with Crippen LogP contribution >= 0.6 is 15.9 Å². The van der Waals surface area contributed by atoms with Gasteiger partial charge in [-0.25, -0.2) is 4.98 Å². The number of oxazole rings is 1. The molecule has 0 amide bonds. The van der Waals surface area contributed by atoms with Gasteiger partial charge in [-0.2, -0.15) is 0 Å². The molecule has 1 heterocycles. The Bertz CT molecular complexity index is 481. The zero-order chi connectivity index (χ0) is 11.5. The Morgan fingerprint density at radius 2 is 2.25 bits per heavy atom. The van der Waals surface area contributed by atoms with Crippen LogP contribution in [0, 0.1) is 0 Å². The molecule has 4 heteroatoms. The molecular formula is C12H13BrN2O. The number of rotatable bonds is 3. The fourth-order valence-electron chi connectivity index (χ4n) is 1.39. The van der Waals surface area contributed by atoms with Crippen LogP contribution in [-0.2, 0) is 0 Å². The second kappa shape index (κ2) is 4.80. The molecule has 0 fully saturated rings. The molecule has 0 aliphatic carbocycles. The molecule has 0 radical (unpaired) electrons. The van der Waals surface area contributed by atoms with Crippen molar-refractivity contribution in [3.05, 3.63) is 40.8 Å². The first-order valence-corrected chi connectivity index (χ1v) is 5.89. The number of benzene rings is 1. The molecule has 1 aromatic heterocycles. The van der Waals surface area contributed by atoms with Crippen molar-refractivity contribution in [2.45, 2.75) is 13.0 Å². The van der Waals surface area contributed by atoms with Gasteiger partial charge in [-0.1, -0.05) is 28.1 Å². The van der Waals surface area contributed by atoms with Crippen molar-refractivity contribution in [3.8, 4) is 11.3 Å². The minimum Gasteiger partial charge on any atom is -0.439 e. The molecule has 2 aromatic rings. The second-order valence-electron chi connectivity index (χ2n) is 3.58. The van der Waals surface area contributed by atoms with E-state index in [1.54, 1.807) is 6.20 Å². The molecule has 3 nitrogen and oxygen atoms in total. The van der Waals surface area contributed by atoms with Gasteiger partial charge in [0, 0.05) is 10.0 Å². The van der Waals surface area contributed by atoms with Crippen molar-refractivity contribution in [3.63, 3.8) is 0 Å². The Hall–Kier alpha value is -1.13. The largest absolute Gasteiger partial charge is 0.439 e. The van der Waals surface area contributed by atoms with Crippen molar-refractivity contribution in [2.75, 3.05) is 7.05 Å². The SMILES string of the molecule is CNC(C)c1ncc(-c2cccc(Br)c2)o1. The van der Waals surface area contributed by atoms with E-state index in [0.717, 1.165) is 15.8 Å². The zero-order valence-electron chi connectivity index (χ0n) is 9.20. The van der Waals surface area contributed by atoms with Crippen LogP contribution in [0.25, 0.3) is 11.3 Å². The lowest BCUT2D eigenvalue weighted by molar-refractivity contribution is 0.441. The molecule has 1 aromatic carbocycles. The number of aromatic nitrogens is 1. The molecule has 0 saturated heterocycles. The number of nitrogens with zero attached hydrogens (tertiary/aromatic N) is 1. The van der Waals surface area contributed by atoms with E-state index in [1.165, 1.54) is 0 Å². The smallest absolute Gasteiger partial charge is 0.211 e. The average Bonchev–Trinajstić information content (AvgIpc) is 2.77. The molecule has 2 rings (SSSR count). The Morgan fingerprint density at radius 3 is 2.94 bits per heavy atom. The van der Waals surface area contributed by atoms with E-state index in [1.807, 2.05) is 38.2 Å². The number of nitrogens with one attached hydrogen (secondary N) is 1. The summed E-state index contributed by atoms with van der Waals surface area (Å²) in [5.41, 5.74) is 1.02. The topological polar surface area (TPSA) is 38.1 Å². The Balaban J connectivity index is 2.31. The van der Waals surface area contributed by atoms with Crippen LogP contribution in [0.5, 0.6) is 0 Å². The van der Waals surface area contributed by atoms with Crippen molar-refractivity contribution in [1.82, 2.24) is 10.3 Å². The van der Waals surface area contributed by atoms with Crippen LogP contribution in [0.2, 0.25) is 0 Å².